The minimum absolute atomic E-state index is 0.289. The molecule has 0 aromatic heterocycles. The van der Waals surface area contributed by atoms with Crippen LogP contribution in [-0.2, 0) is 16.2 Å². The van der Waals surface area contributed by atoms with Gasteiger partial charge in [0, 0.05) is 33.3 Å². The molecule has 0 bridgehead atoms. The van der Waals surface area contributed by atoms with Crippen molar-refractivity contribution in [2.75, 3.05) is 9.80 Å². The SMILES string of the molecule is CC1(C)c2ccccc2N(c2ccccc2)c2c(-c3cccc4c(-c5cccc6c5-c5ccccc5C65c6ccccc6-c6ccc7ccccc7c65)c5cccc(-c6cccc7c6N(c6ccccc6)c6ccccc6C7(C)C)c5cc34)cccc21. The zero-order chi connectivity index (χ0) is 57.9. The Bertz CT molecular complexity index is 5030. The zero-order valence-corrected chi connectivity index (χ0v) is 49.1. The van der Waals surface area contributed by atoms with Gasteiger partial charge < -0.3 is 9.80 Å². The quantitative estimate of drug-likeness (QED) is 0.159. The lowest BCUT2D eigenvalue weighted by atomic mass is 9.69. The van der Waals surface area contributed by atoms with E-state index in [0.29, 0.717) is 0 Å². The molecule has 87 heavy (non-hydrogen) atoms. The molecular formula is C85H60N2. The van der Waals surface area contributed by atoms with Crippen molar-refractivity contribution in [3.05, 3.63) is 336 Å². The molecule has 2 nitrogen and oxygen atoms in total. The molecule has 0 saturated heterocycles. The van der Waals surface area contributed by atoms with Crippen molar-refractivity contribution < 1.29 is 0 Å². The van der Waals surface area contributed by atoms with Crippen LogP contribution in [0.15, 0.2) is 291 Å². The standard InChI is InChI=1S/C85H60N2/c1-83(2)71-43-17-19-48-76(71)86(54-27-7-5-8-28-54)81-63(38-23-46-74(81)83)57-34-21-36-60-67(57)52-68-58(64-39-24-47-75-82(64)87(55-29-9-6-10-30-55)77-49-20-18-44-72(77)84(75,3)4)35-22-37-61(68)78(60)66-40-25-45-73-79(66)65-33-14-16-42-70(65)85(73)69-41-15-13-32-59(69)62-51-50-53-26-11-12-31-56(53)80(62)85/h5-52H,1-4H3. The predicted molar refractivity (Wildman–Crippen MR) is 365 cm³/mol. The third kappa shape index (κ3) is 6.65. The molecule has 14 aromatic rings. The third-order valence-electron chi connectivity index (χ3n) is 20.4. The molecule has 0 saturated carbocycles. The van der Waals surface area contributed by atoms with E-state index in [1.165, 1.54) is 155 Å². The molecule has 2 aliphatic carbocycles. The molecule has 14 aromatic carbocycles. The summed E-state index contributed by atoms with van der Waals surface area (Å²) in [6.07, 6.45) is 0. The van der Waals surface area contributed by atoms with Gasteiger partial charge >= 0.3 is 0 Å². The van der Waals surface area contributed by atoms with E-state index in [0.717, 1.165) is 11.4 Å². The molecule has 1 spiro atoms. The number of anilines is 6. The second kappa shape index (κ2) is 18.2. The van der Waals surface area contributed by atoms with Crippen LogP contribution in [-0.4, -0.2) is 0 Å². The van der Waals surface area contributed by atoms with Gasteiger partial charge in [-0.3, -0.25) is 0 Å². The molecule has 1 unspecified atom stereocenters. The lowest BCUT2D eigenvalue weighted by Crippen LogP contribution is -2.31. The number of benzene rings is 14. The van der Waals surface area contributed by atoms with E-state index in [1.807, 2.05) is 0 Å². The topological polar surface area (TPSA) is 6.48 Å². The van der Waals surface area contributed by atoms with Crippen LogP contribution < -0.4 is 9.80 Å². The van der Waals surface area contributed by atoms with E-state index in [1.54, 1.807) is 0 Å². The third-order valence-corrected chi connectivity index (χ3v) is 20.4. The normalized spacial score (nSPS) is 16.0. The van der Waals surface area contributed by atoms with Gasteiger partial charge in [-0.2, -0.15) is 0 Å². The van der Waals surface area contributed by atoms with E-state index in [-0.39, 0.29) is 10.8 Å². The number of hydrogen-bond acceptors (Lipinski definition) is 2. The van der Waals surface area contributed by atoms with Gasteiger partial charge in [0.1, 0.15) is 0 Å². The number of para-hydroxylation sites is 6. The fraction of sp³-hybridized carbons (Fsp3) is 0.0824. The van der Waals surface area contributed by atoms with Gasteiger partial charge in [0.15, 0.2) is 0 Å². The van der Waals surface area contributed by atoms with Gasteiger partial charge in [0.05, 0.1) is 28.2 Å². The Morgan fingerprint density at radius 2 is 0.644 bits per heavy atom. The van der Waals surface area contributed by atoms with Crippen LogP contribution in [0.2, 0.25) is 0 Å². The van der Waals surface area contributed by atoms with Crippen molar-refractivity contribution in [3.63, 3.8) is 0 Å². The Labute approximate surface area is 508 Å². The molecule has 0 fully saturated rings. The highest BCUT2D eigenvalue weighted by atomic mass is 15.2. The maximum atomic E-state index is 2.56. The summed E-state index contributed by atoms with van der Waals surface area (Å²) < 4.78 is 0. The summed E-state index contributed by atoms with van der Waals surface area (Å²) in [5.74, 6) is 0. The van der Waals surface area contributed by atoms with Crippen molar-refractivity contribution in [2.45, 2.75) is 43.9 Å². The lowest BCUT2D eigenvalue weighted by molar-refractivity contribution is 0.632. The molecule has 0 radical (unpaired) electrons. The first kappa shape index (κ1) is 49.8. The van der Waals surface area contributed by atoms with Crippen molar-refractivity contribution in [1.29, 1.82) is 0 Å². The largest absolute Gasteiger partial charge is 0.309 e. The Morgan fingerprint density at radius 3 is 1.22 bits per heavy atom. The second-order valence-corrected chi connectivity index (χ2v) is 25.4. The fourth-order valence-electron chi connectivity index (χ4n) is 16.7. The first-order valence-corrected chi connectivity index (χ1v) is 30.8. The Kier molecular flexibility index (Phi) is 10.4. The number of nitrogens with zero attached hydrogens (tertiary/aromatic N) is 2. The Hall–Kier alpha value is -10.5. The van der Waals surface area contributed by atoms with E-state index >= 15 is 0 Å². The summed E-state index contributed by atoms with van der Waals surface area (Å²) in [5, 5.41) is 7.41. The number of rotatable bonds is 5. The maximum Gasteiger partial charge on any atom is 0.0731 e. The zero-order valence-electron chi connectivity index (χ0n) is 49.1. The van der Waals surface area contributed by atoms with Crippen LogP contribution in [0.5, 0.6) is 0 Å². The molecule has 2 aliphatic heterocycles. The molecule has 18 rings (SSSR count). The summed E-state index contributed by atoms with van der Waals surface area (Å²) in [6, 6.07) is 111. The summed E-state index contributed by atoms with van der Waals surface area (Å²) in [5.41, 5.74) is 29.1. The minimum atomic E-state index is -0.564. The predicted octanol–water partition coefficient (Wildman–Crippen LogP) is 22.7. The molecule has 1 atom stereocenters. The molecule has 2 heteroatoms. The first-order chi connectivity index (χ1) is 42.7. The Morgan fingerprint density at radius 1 is 0.241 bits per heavy atom. The highest BCUT2D eigenvalue weighted by Gasteiger charge is 2.53. The van der Waals surface area contributed by atoms with Crippen LogP contribution in [0.4, 0.5) is 34.1 Å². The molecule has 410 valence electrons. The van der Waals surface area contributed by atoms with Crippen molar-refractivity contribution in [2.24, 2.45) is 0 Å². The number of fused-ring (bicyclic) bond motifs is 18. The monoisotopic (exact) mass is 1110 g/mol. The summed E-state index contributed by atoms with van der Waals surface area (Å²) in [4.78, 5) is 5.07. The van der Waals surface area contributed by atoms with Crippen molar-refractivity contribution in [1.82, 2.24) is 0 Å². The van der Waals surface area contributed by atoms with Gasteiger partial charge in [-0.1, -0.05) is 276 Å². The highest BCUT2D eigenvalue weighted by Crippen LogP contribution is 2.66. The van der Waals surface area contributed by atoms with Gasteiger partial charge in [-0.15, -0.1) is 0 Å². The van der Waals surface area contributed by atoms with Crippen molar-refractivity contribution in [3.8, 4) is 55.6 Å². The summed E-state index contributed by atoms with van der Waals surface area (Å²) in [7, 11) is 0. The minimum Gasteiger partial charge on any atom is -0.309 e. The molecule has 0 amide bonds. The van der Waals surface area contributed by atoms with Crippen LogP contribution in [0, 0.1) is 0 Å². The van der Waals surface area contributed by atoms with Crippen molar-refractivity contribution >= 4 is 66.4 Å². The molecule has 2 heterocycles. The summed E-state index contributed by atoms with van der Waals surface area (Å²) in [6.45, 7) is 9.62. The lowest BCUT2D eigenvalue weighted by Gasteiger charge is -2.43. The summed E-state index contributed by atoms with van der Waals surface area (Å²) >= 11 is 0. The number of hydrogen-bond donors (Lipinski definition) is 0. The smallest absolute Gasteiger partial charge is 0.0731 e. The molecular weight excluding hydrogens is 1050 g/mol. The fourth-order valence-corrected chi connectivity index (χ4v) is 16.7. The van der Waals surface area contributed by atoms with E-state index in [2.05, 4.69) is 329 Å². The van der Waals surface area contributed by atoms with E-state index in [4.69, 9.17) is 0 Å². The van der Waals surface area contributed by atoms with E-state index in [9.17, 15) is 0 Å². The maximum absolute atomic E-state index is 2.56. The van der Waals surface area contributed by atoms with Gasteiger partial charge in [0.25, 0.3) is 0 Å². The van der Waals surface area contributed by atoms with Crippen LogP contribution >= 0.6 is 0 Å². The Balaban J connectivity index is 0.983. The highest BCUT2D eigenvalue weighted by molar-refractivity contribution is 6.22. The van der Waals surface area contributed by atoms with Crippen LogP contribution in [0.3, 0.4) is 0 Å². The van der Waals surface area contributed by atoms with Gasteiger partial charge in [-0.05, 0) is 164 Å². The van der Waals surface area contributed by atoms with Gasteiger partial charge in [-0.25, -0.2) is 0 Å². The second-order valence-electron chi connectivity index (χ2n) is 25.4. The average Bonchev–Trinajstić information content (AvgIpc) is 1.66. The van der Waals surface area contributed by atoms with Gasteiger partial charge in [0.2, 0.25) is 0 Å². The average molecular weight is 1110 g/mol. The van der Waals surface area contributed by atoms with Crippen LogP contribution in [0.1, 0.15) is 72.2 Å². The molecule has 4 aliphatic rings. The first-order valence-electron chi connectivity index (χ1n) is 30.8. The van der Waals surface area contributed by atoms with Crippen LogP contribution in [0.25, 0.3) is 88.0 Å². The van der Waals surface area contributed by atoms with E-state index < -0.39 is 5.41 Å². The molecule has 0 N–H and O–H groups in total.